The van der Waals surface area contributed by atoms with Crippen molar-refractivity contribution in [3.05, 3.63) is 29.3 Å². The van der Waals surface area contributed by atoms with Gasteiger partial charge in [-0.05, 0) is 6.07 Å². The zero-order valence-electron chi connectivity index (χ0n) is 5.23. The van der Waals surface area contributed by atoms with Crippen LogP contribution in [0.1, 0.15) is 5.56 Å². The van der Waals surface area contributed by atoms with Crippen molar-refractivity contribution >= 4 is 0 Å². The minimum absolute atomic E-state index is 0.496. The van der Waals surface area contributed by atoms with E-state index >= 15 is 0 Å². The van der Waals surface area contributed by atoms with E-state index in [1.54, 1.807) is 0 Å². The molecule has 11 heavy (non-hydrogen) atoms. The molecule has 0 aliphatic heterocycles. The molecule has 0 aliphatic rings. The Balaban J connectivity index is 3.40. The summed E-state index contributed by atoms with van der Waals surface area (Å²) in [6.07, 6.45) is 0. The summed E-state index contributed by atoms with van der Waals surface area (Å²) in [5.41, 5.74) is -0.496. The molecular formula is C7H2F2NO. The normalized spacial score (nSPS) is 9.18. The van der Waals surface area contributed by atoms with Crippen LogP contribution in [-0.2, 0) is 0 Å². The van der Waals surface area contributed by atoms with Gasteiger partial charge in [0, 0.05) is 6.07 Å². The van der Waals surface area contributed by atoms with E-state index in [4.69, 9.17) is 10.4 Å². The summed E-state index contributed by atoms with van der Waals surface area (Å²) in [4.78, 5) is 0. The summed E-state index contributed by atoms with van der Waals surface area (Å²) in [6, 6.07) is 4.14. The molecule has 1 aromatic carbocycles. The summed E-state index contributed by atoms with van der Waals surface area (Å²) in [7, 11) is 0. The molecule has 1 rings (SSSR count). The highest BCUT2D eigenvalue weighted by Gasteiger charge is 2.11. The van der Waals surface area contributed by atoms with Crippen molar-refractivity contribution in [3.8, 4) is 11.8 Å². The standard InChI is InChI=1S/C7H2F2NO/c8-5-2-1-4(3-10)6(9)7(5)11/h2,11H. The molecule has 0 bridgehead atoms. The molecule has 0 aliphatic carbocycles. The Hall–Kier alpha value is -1.63. The first-order chi connectivity index (χ1) is 5.16. The molecule has 0 spiro atoms. The van der Waals surface area contributed by atoms with Gasteiger partial charge < -0.3 is 5.11 Å². The molecule has 55 valence electrons. The van der Waals surface area contributed by atoms with E-state index < -0.39 is 22.9 Å². The van der Waals surface area contributed by atoms with E-state index in [0.29, 0.717) is 6.07 Å². The highest BCUT2D eigenvalue weighted by Crippen LogP contribution is 2.21. The predicted octanol–water partition coefficient (Wildman–Crippen LogP) is 1.34. The van der Waals surface area contributed by atoms with Crippen molar-refractivity contribution in [2.75, 3.05) is 0 Å². The molecule has 1 aromatic rings. The summed E-state index contributed by atoms with van der Waals surface area (Å²) < 4.78 is 24.8. The molecule has 4 heteroatoms. The highest BCUT2D eigenvalue weighted by atomic mass is 19.1. The third-order valence-corrected chi connectivity index (χ3v) is 1.11. The lowest BCUT2D eigenvalue weighted by molar-refractivity contribution is 0.395. The molecule has 0 heterocycles. The number of hydrogen-bond donors (Lipinski definition) is 1. The van der Waals surface area contributed by atoms with Crippen LogP contribution in [0.2, 0.25) is 0 Å². The molecule has 0 aromatic heterocycles. The molecule has 1 N–H and O–H groups in total. The van der Waals surface area contributed by atoms with Crippen LogP contribution in [0.4, 0.5) is 8.78 Å². The molecule has 0 saturated heterocycles. The Morgan fingerprint density at radius 3 is 2.73 bits per heavy atom. The van der Waals surface area contributed by atoms with Gasteiger partial charge in [0.25, 0.3) is 0 Å². The van der Waals surface area contributed by atoms with Crippen LogP contribution >= 0.6 is 0 Å². The van der Waals surface area contributed by atoms with Crippen LogP contribution in [0.25, 0.3) is 0 Å². The van der Waals surface area contributed by atoms with Crippen molar-refractivity contribution in [1.82, 2.24) is 0 Å². The van der Waals surface area contributed by atoms with Crippen LogP contribution < -0.4 is 0 Å². The van der Waals surface area contributed by atoms with Crippen molar-refractivity contribution < 1.29 is 13.9 Å². The van der Waals surface area contributed by atoms with Gasteiger partial charge >= 0.3 is 0 Å². The largest absolute Gasteiger partial charge is 0.503 e. The average Bonchev–Trinajstić information content (AvgIpc) is 2.01. The lowest BCUT2D eigenvalue weighted by Crippen LogP contribution is -1.87. The van der Waals surface area contributed by atoms with Gasteiger partial charge in [0.05, 0.1) is 5.56 Å². The molecular weight excluding hydrogens is 152 g/mol. The number of rotatable bonds is 0. The zero-order valence-corrected chi connectivity index (χ0v) is 5.23. The maximum absolute atomic E-state index is 12.5. The maximum Gasteiger partial charge on any atom is 0.189 e. The van der Waals surface area contributed by atoms with E-state index in [2.05, 4.69) is 0 Å². The van der Waals surface area contributed by atoms with Gasteiger partial charge in [0.2, 0.25) is 0 Å². The number of phenols is 1. The summed E-state index contributed by atoms with van der Waals surface area (Å²) >= 11 is 0. The first-order valence-electron chi connectivity index (χ1n) is 2.65. The number of nitrogens with zero attached hydrogens (tertiary/aromatic N) is 1. The van der Waals surface area contributed by atoms with Crippen molar-refractivity contribution in [2.45, 2.75) is 0 Å². The second-order valence-corrected chi connectivity index (χ2v) is 1.79. The third kappa shape index (κ3) is 1.13. The number of benzene rings is 1. The molecule has 1 radical (unpaired) electrons. The molecule has 0 saturated carbocycles. The van der Waals surface area contributed by atoms with E-state index in [1.807, 2.05) is 6.07 Å². The average molecular weight is 154 g/mol. The van der Waals surface area contributed by atoms with Crippen LogP contribution in [0.3, 0.4) is 0 Å². The van der Waals surface area contributed by atoms with Gasteiger partial charge in [0.1, 0.15) is 6.07 Å². The van der Waals surface area contributed by atoms with Crippen LogP contribution in [-0.4, -0.2) is 5.11 Å². The minimum Gasteiger partial charge on any atom is -0.503 e. The molecule has 0 unspecified atom stereocenters. The Bertz CT molecular complexity index is 330. The first-order valence-corrected chi connectivity index (χ1v) is 2.65. The van der Waals surface area contributed by atoms with E-state index in [-0.39, 0.29) is 0 Å². The summed E-state index contributed by atoms with van der Waals surface area (Å²) in [5.74, 6) is -3.53. The van der Waals surface area contributed by atoms with Crippen LogP contribution in [0, 0.1) is 29.0 Å². The van der Waals surface area contributed by atoms with Gasteiger partial charge in [-0.15, -0.1) is 0 Å². The zero-order chi connectivity index (χ0) is 8.43. The quantitative estimate of drug-likeness (QED) is 0.612. The number of halogens is 2. The van der Waals surface area contributed by atoms with E-state index in [1.165, 1.54) is 6.07 Å². The van der Waals surface area contributed by atoms with Gasteiger partial charge in [0.15, 0.2) is 17.4 Å². The topological polar surface area (TPSA) is 44.0 Å². The van der Waals surface area contributed by atoms with Gasteiger partial charge in [-0.2, -0.15) is 5.26 Å². The maximum atomic E-state index is 12.5. The van der Waals surface area contributed by atoms with Crippen molar-refractivity contribution in [1.29, 1.82) is 5.26 Å². The monoisotopic (exact) mass is 154 g/mol. The number of aromatic hydroxyl groups is 1. The Kier molecular flexibility index (Phi) is 1.73. The van der Waals surface area contributed by atoms with E-state index in [9.17, 15) is 8.78 Å². The smallest absolute Gasteiger partial charge is 0.189 e. The predicted molar refractivity (Wildman–Crippen MR) is 31.6 cm³/mol. The molecule has 2 nitrogen and oxygen atoms in total. The molecule has 0 amide bonds. The Labute approximate surface area is 61.3 Å². The van der Waals surface area contributed by atoms with Gasteiger partial charge in [-0.1, -0.05) is 0 Å². The van der Waals surface area contributed by atoms with E-state index in [0.717, 1.165) is 0 Å². The lowest BCUT2D eigenvalue weighted by Gasteiger charge is -1.96. The molecule has 0 fully saturated rings. The fraction of sp³-hybridized carbons (Fsp3) is 0. The van der Waals surface area contributed by atoms with Crippen LogP contribution in [0.5, 0.6) is 5.75 Å². The summed E-state index contributed by atoms with van der Waals surface area (Å²) in [5, 5.41) is 16.8. The van der Waals surface area contributed by atoms with Gasteiger partial charge in [-0.3, -0.25) is 0 Å². The Morgan fingerprint density at radius 1 is 1.55 bits per heavy atom. The Morgan fingerprint density at radius 2 is 2.18 bits per heavy atom. The second-order valence-electron chi connectivity index (χ2n) is 1.79. The lowest BCUT2D eigenvalue weighted by atomic mass is 10.2. The van der Waals surface area contributed by atoms with Crippen molar-refractivity contribution in [3.63, 3.8) is 0 Å². The fourth-order valence-corrected chi connectivity index (χ4v) is 0.572. The fourth-order valence-electron chi connectivity index (χ4n) is 0.572. The SMILES string of the molecule is N#Cc1[c]cc(F)c(O)c1F. The number of hydrogen-bond acceptors (Lipinski definition) is 2. The minimum atomic E-state index is -1.27. The van der Waals surface area contributed by atoms with Gasteiger partial charge in [-0.25, -0.2) is 8.78 Å². The van der Waals surface area contributed by atoms with Crippen molar-refractivity contribution in [2.24, 2.45) is 0 Å². The second kappa shape index (κ2) is 2.54. The number of phenolic OH excluding ortho intramolecular Hbond substituents is 1. The molecule has 0 atom stereocenters. The third-order valence-electron chi connectivity index (χ3n) is 1.11. The first kappa shape index (κ1) is 7.48. The number of nitriles is 1. The summed E-state index contributed by atoms with van der Waals surface area (Å²) in [6.45, 7) is 0. The van der Waals surface area contributed by atoms with Crippen LogP contribution in [0.15, 0.2) is 6.07 Å². The highest BCUT2D eigenvalue weighted by molar-refractivity contribution is 5.37.